The average Bonchev–Trinajstić information content (AvgIpc) is 3.18. The van der Waals surface area contributed by atoms with Gasteiger partial charge in [0, 0.05) is 29.2 Å². The summed E-state index contributed by atoms with van der Waals surface area (Å²) < 4.78 is 18.3. The molecule has 6 atom stereocenters. The number of benzene rings is 1. The van der Waals surface area contributed by atoms with Gasteiger partial charge in [-0.2, -0.15) is 0 Å². The normalized spacial score (nSPS) is 38.1. The van der Waals surface area contributed by atoms with E-state index in [4.69, 9.17) is 29.0 Å². The van der Waals surface area contributed by atoms with E-state index in [0.717, 1.165) is 47.0 Å². The minimum atomic E-state index is -0.773. The van der Waals surface area contributed by atoms with Gasteiger partial charge in [0.1, 0.15) is 5.75 Å². The molecule has 1 saturated carbocycles. The van der Waals surface area contributed by atoms with Gasteiger partial charge in [0.05, 0.1) is 12.8 Å². The predicted octanol–water partition coefficient (Wildman–Crippen LogP) is 5.80. The molecule has 2 aromatic rings. The quantitative estimate of drug-likeness (QED) is 0.546. The van der Waals surface area contributed by atoms with Gasteiger partial charge in [-0.1, -0.05) is 6.92 Å². The molecule has 2 unspecified atom stereocenters. The maximum absolute atomic E-state index is 6.61. The smallest absolute Gasteiger partial charge is 0.236 e. The van der Waals surface area contributed by atoms with Crippen LogP contribution in [0, 0.1) is 17.8 Å². The highest BCUT2D eigenvalue weighted by atomic mass is 32.1. The fourth-order valence-corrected chi connectivity index (χ4v) is 6.98. The lowest BCUT2D eigenvalue weighted by atomic mass is 9.59. The third-order valence-corrected chi connectivity index (χ3v) is 8.75. The van der Waals surface area contributed by atoms with Crippen molar-refractivity contribution in [2.24, 2.45) is 17.8 Å². The summed E-state index contributed by atoms with van der Waals surface area (Å²) in [4.78, 5) is 17.1. The average molecular weight is 456 g/mol. The second-order valence-electron chi connectivity index (χ2n) is 9.75. The second-order valence-corrected chi connectivity index (χ2v) is 10.6. The number of hydrogen-bond acceptors (Lipinski definition) is 7. The van der Waals surface area contributed by atoms with Gasteiger partial charge in [-0.3, -0.25) is 0 Å². The van der Waals surface area contributed by atoms with Gasteiger partial charge >= 0.3 is 0 Å². The van der Waals surface area contributed by atoms with Crippen LogP contribution in [0.3, 0.4) is 0 Å². The lowest BCUT2D eigenvalue weighted by Gasteiger charge is -2.57. The molecule has 0 radical (unpaired) electrons. The molecule has 1 spiro atoms. The van der Waals surface area contributed by atoms with E-state index in [1.54, 1.807) is 18.4 Å². The largest absolute Gasteiger partial charge is 0.497 e. The highest BCUT2D eigenvalue weighted by Gasteiger charge is 2.68. The van der Waals surface area contributed by atoms with Crippen molar-refractivity contribution in [2.45, 2.75) is 64.1 Å². The molecule has 7 heteroatoms. The van der Waals surface area contributed by atoms with Gasteiger partial charge in [0.15, 0.2) is 16.4 Å². The number of methoxy groups -OCH3 is 1. The summed E-state index contributed by atoms with van der Waals surface area (Å²) in [7, 11) is 1.67. The third-order valence-electron chi connectivity index (χ3n) is 7.91. The predicted molar refractivity (Wildman–Crippen MR) is 121 cm³/mol. The number of nitrogens with zero attached hydrogens (tertiary/aromatic N) is 1. The maximum Gasteiger partial charge on any atom is 0.236 e. The Morgan fingerprint density at radius 2 is 1.94 bits per heavy atom. The molecule has 1 aromatic carbocycles. The lowest BCUT2D eigenvalue weighted by Crippen LogP contribution is -2.66. The number of fused-ring (bicyclic) bond motifs is 2. The molecule has 6 nitrogen and oxygen atoms in total. The molecule has 0 amide bonds. The Morgan fingerprint density at radius 1 is 1.12 bits per heavy atom. The monoisotopic (exact) mass is 455 g/mol. The van der Waals surface area contributed by atoms with Gasteiger partial charge < -0.3 is 14.2 Å². The summed E-state index contributed by atoms with van der Waals surface area (Å²) in [5.74, 6) is 1.97. The molecule has 5 heterocycles. The molecule has 7 rings (SSSR count). The number of rotatable bonds is 3. The Labute approximate surface area is 192 Å². The van der Waals surface area contributed by atoms with Crippen LogP contribution >= 0.6 is 11.3 Å². The molecule has 0 N–H and O–H groups in total. The maximum atomic E-state index is 6.61. The van der Waals surface area contributed by atoms with Crippen LogP contribution in [0.15, 0.2) is 35.2 Å². The fraction of sp³-hybridized carbons (Fsp3) is 0.560. The molecule has 1 aliphatic carbocycles. The van der Waals surface area contributed by atoms with E-state index in [2.05, 4.69) is 19.2 Å². The zero-order valence-electron chi connectivity index (χ0n) is 18.9. The van der Waals surface area contributed by atoms with Crippen molar-refractivity contribution in [1.82, 2.24) is 4.98 Å². The summed E-state index contributed by atoms with van der Waals surface area (Å²) in [5, 5.41) is 2.96. The minimum Gasteiger partial charge on any atom is -0.497 e. The molecular formula is C25H29NO5S. The van der Waals surface area contributed by atoms with Crippen LogP contribution in [0.4, 0.5) is 0 Å². The lowest BCUT2D eigenvalue weighted by molar-refractivity contribution is -0.553. The number of aromatic nitrogens is 1. The van der Waals surface area contributed by atoms with Crippen LogP contribution in [0.25, 0.3) is 17.0 Å². The molecule has 32 heavy (non-hydrogen) atoms. The van der Waals surface area contributed by atoms with E-state index in [0.29, 0.717) is 11.8 Å². The fourth-order valence-electron chi connectivity index (χ4n) is 6.11. The van der Waals surface area contributed by atoms with Gasteiger partial charge in [-0.05, 0) is 68.9 Å². The summed E-state index contributed by atoms with van der Waals surface area (Å²) in [6, 6.07) is 7.97. The van der Waals surface area contributed by atoms with E-state index in [9.17, 15) is 0 Å². The van der Waals surface area contributed by atoms with E-state index < -0.39 is 17.7 Å². The van der Waals surface area contributed by atoms with E-state index in [-0.39, 0.29) is 5.92 Å². The number of hydrogen-bond donors (Lipinski definition) is 0. The third kappa shape index (κ3) is 2.91. The van der Waals surface area contributed by atoms with Crippen LogP contribution in [0.1, 0.15) is 51.5 Å². The van der Waals surface area contributed by atoms with Gasteiger partial charge in [-0.15, -0.1) is 11.3 Å². The van der Waals surface area contributed by atoms with Gasteiger partial charge in [-0.25, -0.2) is 14.8 Å². The highest BCUT2D eigenvalue weighted by molar-refractivity contribution is 7.11. The topological polar surface area (TPSA) is 59.0 Å². The Kier molecular flexibility index (Phi) is 4.70. The van der Waals surface area contributed by atoms with Crippen molar-refractivity contribution < 1.29 is 24.0 Å². The van der Waals surface area contributed by atoms with Crippen LogP contribution < -0.4 is 4.74 Å². The molecule has 2 bridgehead atoms. The van der Waals surface area contributed by atoms with Crippen LogP contribution in [-0.4, -0.2) is 29.8 Å². The van der Waals surface area contributed by atoms with Crippen molar-refractivity contribution in [3.8, 4) is 17.0 Å². The van der Waals surface area contributed by atoms with Crippen molar-refractivity contribution in [1.29, 1.82) is 0 Å². The van der Waals surface area contributed by atoms with Gasteiger partial charge in [0.25, 0.3) is 0 Å². The summed E-state index contributed by atoms with van der Waals surface area (Å²) in [6.45, 7) is 6.44. The summed E-state index contributed by atoms with van der Waals surface area (Å²) >= 11 is 1.61. The number of ether oxygens (including phenoxy) is 3. The Bertz CT molecular complexity index is 1060. The Morgan fingerprint density at radius 3 is 2.72 bits per heavy atom. The van der Waals surface area contributed by atoms with Crippen LogP contribution in [0.5, 0.6) is 5.75 Å². The molecule has 1 aromatic heterocycles. The van der Waals surface area contributed by atoms with E-state index in [1.165, 1.54) is 12.0 Å². The van der Waals surface area contributed by atoms with Crippen molar-refractivity contribution in [3.63, 3.8) is 0 Å². The van der Waals surface area contributed by atoms with Crippen LogP contribution in [0.2, 0.25) is 0 Å². The van der Waals surface area contributed by atoms with Crippen molar-refractivity contribution in [2.75, 3.05) is 7.11 Å². The van der Waals surface area contributed by atoms with Crippen molar-refractivity contribution >= 4 is 17.1 Å². The first kappa shape index (κ1) is 20.7. The molecular weight excluding hydrogens is 426 g/mol. The van der Waals surface area contributed by atoms with Crippen LogP contribution in [-0.2, 0) is 19.2 Å². The molecule has 4 aliphatic heterocycles. The molecule has 3 saturated heterocycles. The zero-order chi connectivity index (χ0) is 22.1. The first-order chi connectivity index (χ1) is 15.4. The van der Waals surface area contributed by atoms with E-state index in [1.807, 2.05) is 31.2 Å². The Balaban J connectivity index is 1.39. The summed E-state index contributed by atoms with van der Waals surface area (Å²) in [5.41, 5.74) is 2.59. The first-order valence-corrected chi connectivity index (χ1v) is 12.3. The van der Waals surface area contributed by atoms with Crippen molar-refractivity contribution in [3.05, 3.63) is 40.2 Å². The minimum absolute atomic E-state index is 0.188. The SMILES string of the molecule is COc1ccc(-c2csc(C3=C(C)[C@@H]4CC[C@@H](C)[C@@H]5CCC6(C)OO[C@@]45C(O3)O6)n2)cc1. The molecule has 170 valence electrons. The molecule has 5 aliphatic rings. The second kappa shape index (κ2) is 7.29. The molecule has 4 fully saturated rings. The summed E-state index contributed by atoms with van der Waals surface area (Å²) in [6.07, 6.45) is 3.55. The standard InChI is InChI=1S/C25H29NO5S/c1-14-5-10-19-15(2)21(22-26-20(13-32-22)16-6-8-17(27-4)9-7-16)28-23-25(19)18(14)11-12-24(3,29-23)30-31-25/h6-9,13-14,18-19,23H,5,10-12H2,1-4H3/t14-,18+,19+,23?,24?,25-/m1/s1. The first-order valence-electron chi connectivity index (χ1n) is 11.5. The zero-order valence-corrected chi connectivity index (χ0v) is 19.7. The number of thiazole rings is 1. The van der Waals surface area contributed by atoms with E-state index >= 15 is 0 Å². The Hall–Kier alpha value is -1.93. The van der Waals surface area contributed by atoms with Gasteiger partial charge in [0.2, 0.25) is 12.1 Å². The highest BCUT2D eigenvalue weighted by Crippen LogP contribution is 2.61.